The standard InChI is InChI=1S/C20H19BrFN3O3/c21-13-3-1-12(2-4-13)19-16-9-24(10-18(27)25(16)17(19)11-26)20(28)23-15-7-5-14(22)6-8-15/h1-8,16-17,19,26H,9-11H2,(H,23,28)/t16-,17+,19+/m0/s1. The number of hydrogen-bond acceptors (Lipinski definition) is 3. The van der Waals surface area contributed by atoms with Crippen molar-refractivity contribution in [2.24, 2.45) is 0 Å². The first-order valence-electron chi connectivity index (χ1n) is 8.97. The minimum Gasteiger partial charge on any atom is -0.394 e. The van der Waals surface area contributed by atoms with Crippen molar-refractivity contribution in [3.05, 3.63) is 64.4 Å². The second-order valence-electron chi connectivity index (χ2n) is 7.01. The second kappa shape index (κ2) is 7.52. The maximum absolute atomic E-state index is 13.0. The number of aliphatic hydroxyl groups is 1. The molecule has 2 aromatic carbocycles. The molecule has 2 aromatic rings. The van der Waals surface area contributed by atoms with Gasteiger partial charge in [0, 0.05) is 22.6 Å². The van der Waals surface area contributed by atoms with E-state index in [0.717, 1.165) is 10.0 Å². The molecule has 2 aliphatic rings. The van der Waals surface area contributed by atoms with Gasteiger partial charge in [-0.05, 0) is 42.0 Å². The van der Waals surface area contributed by atoms with Crippen LogP contribution >= 0.6 is 15.9 Å². The van der Waals surface area contributed by atoms with Crippen LogP contribution in [0.5, 0.6) is 0 Å². The van der Waals surface area contributed by atoms with E-state index in [1.165, 1.54) is 29.2 Å². The lowest BCUT2D eigenvalue weighted by molar-refractivity contribution is -0.159. The van der Waals surface area contributed by atoms with Gasteiger partial charge in [0.2, 0.25) is 5.91 Å². The molecule has 0 saturated carbocycles. The first kappa shape index (κ1) is 18.9. The third-order valence-corrected chi connectivity index (χ3v) is 5.92. The van der Waals surface area contributed by atoms with Gasteiger partial charge < -0.3 is 20.2 Å². The molecule has 0 aliphatic carbocycles. The summed E-state index contributed by atoms with van der Waals surface area (Å²) in [5.41, 5.74) is 1.49. The molecule has 8 heteroatoms. The maximum atomic E-state index is 13.0. The van der Waals surface area contributed by atoms with E-state index in [0.29, 0.717) is 12.2 Å². The number of nitrogens with one attached hydrogen (secondary N) is 1. The predicted octanol–water partition coefficient (Wildman–Crippen LogP) is 2.79. The van der Waals surface area contributed by atoms with E-state index in [1.807, 2.05) is 24.3 Å². The van der Waals surface area contributed by atoms with Gasteiger partial charge in [0.15, 0.2) is 0 Å². The van der Waals surface area contributed by atoms with Gasteiger partial charge in [-0.25, -0.2) is 9.18 Å². The Morgan fingerprint density at radius 3 is 2.50 bits per heavy atom. The van der Waals surface area contributed by atoms with Gasteiger partial charge in [-0.3, -0.25) is 4.79 Å². The molecular weight excluding hydrogens is 429 g/mol. The quantitative estimate of drug-likeness (QED) is 0.759. The highest BCUT2D eigenvalue weighted by molar-refractivity contribution is 9.10. The Morgan fingerprint density at radius 1 is 1.18 bits per heavy atom. The third-order valence-electron chi connectivity index (χ3n) is 5.39. The predicted molar refractivity (Wildman–Crippen MR) is 105 cm³/mol. The van der Waals surface area contributed by atoms with Crippen molar-refractivity contribution < 1.29 is 19.1 Å². The lowest BCUT2D eigenvalue weighted by atomic mass is 9.74. The van der Waals surface area contributed by atoms with Crippen molar-refractivity contribution in [2.75, 3.05) is 25.0 Å². The van der Waals surface area contributed by atoms with E-state index in [9.17, 15) is 19.1 Å². The van der Waals surface area contributed by atoms with Crippen molar-refractivity contribution in [2.45, 2.75) is 18.0 Å². The zero-order valence-corrected chi connectivity index (χ0v) is 16.5. The summed E-state index contributed by atoms with van der Waals surface area (Å²) in [4.78, 5) is 28.4. The Balaban J connectivity index is 1.51. The normalized spacial score (nSPS) is 23.8. The molecule has 0 radical (unpaired) electrons. The second-order valence-corrected chi connectivity index (χ2v) is 7.93. The van der Waals surface area contributed by atoms with Crippen LogP contribution in [0.4, 0.5) is 14.9 Å². The number of hydrogen-bond donors (Lipinski definition) is 2. The topological polar surface area (TPSA) is 72.9 Å². The molecule has 2 saturated heterocycles. The molecule has 0 aromatic heterocycles. The van der Waals surface area contributed by atoms with Gasteiger partial charge in [-0.15, -0.1) is 0 Å². The molecule has 0 bridgehead atoms. The number of halogens is 2. The van der Waals surface area contributed by atoms with Crippen LogP contribution in [0, 0.1) is 5.82 Å². The Bertz CT molecular complexity index is 891. The summed E-state index contributed by atoms with van der Waals surface area (Å²) in [5, 5.41) is 12.5. The largest absolute Gasteiger partial charge is 0.394 e. The van der Waals surface area contributed by atoms with E-state index in [1.54, 1.807) is 4.90 Å². The van der Waals surface area contributed by atoms with Gasteiger partial charge in [0.1, 0.15) is 12.4 Å². The minimum atomic E-state index is -0.401. The summed E-state index contributed by atoms with van der Waals surface area (Å²) in [6, 6.07) is 12.4. The Morgan fingerprint density at radius 2 is 1.86 bits per heavy atom. The summed E-state index contributed by atoms with van der Waals surface area (Å²) < 4.78 is 14.0. The zero-order valence-electron chi connectivity index (χ0n) is 14.9. The van der Waals surface area contributed by atoms with Crippen LogP contribution in [0.3, 0.4) is 0 Å². The summed E-state index contributed by atoms with van der Waals surface area (Å²) in [6.45, 7) is 0.202. The third kappa shape index (κ3) is 3.38. The molecular formula is C20H19BrFN3O3. The molecule has 0 unspecified atom stereocenters. The fourth-order valence-electron chi connectivity index (χ4n) is 4.07. The van der Waals surface area contributed by atoms with Gasteiger partial charge >= 0.3 is 6.03 Å². The SMILES string of the molecule is O=C(Nc1ccc(F)cc1)N1CC(=O)N2[C@H](CO)[C@H](c3ccc(Br)cc3)[C@@H]2C1. The van der Waals surface area contributed by atoms with Crippen molar-refractivity contribution in [3.63, 3.8) is 0 Å². The highest BCUT2D eigenvalue weighted by Gasteiger charge is 2.54. The number of urea groups is 1. The molecule has 146 valence electrons. The van der Waals surface area contributed by atoms with Gasteiger partial charge in [-0.1, -0.05) is 28.1 Å². The van der Waals surface area contributed by atoms with Gasteiger partial charge in [0.05, 0.1) is 18.7 Å². The van der Waals surface area contributed by atoms with E-state index in [-0.39, 0.29) is 42.9 Å². The minimum absolute atomic E-state index is 0.0385. The molecule has 2 fully saturated rings. The van der Waals surface area contributed by atoms with Crippen molar-refractivity contribution in [1.29, 1.82) is 0 Å². The molecule has 6 nitrogen and oxygen atoms in total. The van der Waals surface area contributed by atoms with Crippen LogP contribution in [0.15, 0.2) is 53.0 Å². The average Bonchev–Trinajstić information content (AvgIpc) is 2.66. The molecule has 2 N–H and O–H groups in total. The monoisotopic (exact) mass is 447 g/mol. The lowest BCUT2D eigenvalue weighted by Crippen LogP contribution is -2.73. The molecule has 3 atom stereocenters. The van der Waals surface area contributed by atoms with Crippen molar-refractivity contribution in [3.8, 4) is 0 Å². The van der Waals surface area contributed by atoms with E-state index < -0.39 is 6.03 Å². The van der Waals surface area contributed by atoms with Crippen molar-refractivity contribution in [1.82, 2.24) is 9.80 Å². The number of fused-ring (bicyclic) bond motifs is 1. The number of nitrogens with zero attached hydrogens (tertiary/aromatic N) is 2. The number of amides is 3. The van der Waals surface area contributed by atoms with Gasteiger partial charge in [-0.2, -0.15) is 0 Å². The Labute approximate surface area is 170 Å². The molecule has 3 amide bonds. The number of carbonyl (C=O) groups excluding carboxylic acids is 2. The molecule has 0 spiro atoms. The summed E-state index contributed by atoms with van der Waals surface area (Å²) >= 11 is 3.41. The zero-order chi connectivity index (χ0) is 19.8. The number of rotatable bonds is 3. The number of piperazine rings is 1. The molecule has 2 heterocycles. The number of carbonyl (C=O) groups is 2. The van der Waals surface area contributed by atoms with Crippen LogP contribution < -0.4 is 5.32 Å². The fraction of sp³-hybridized carbons (Fsp3) is 0.300. The Hall–Kier alpha value is -2.45. The summed E-state index contributed by atoms with van der Waals surface area (Å²) in [7, 11) is 0. The highest BCUT2D eigenvalue weighted by Crippen LogP contribution is 2.43. The van der Waals surface area contributed by atoms with Crippen LogP contribution in [0.1, 0.15) is 11.5 Å². The number of anilines is 1. The molecule has 4 rings (SSSR count). The number of benzene rings is 2. The maximum Gasteiger partial charge on any atom is 0.322 e. The van der Waals surface area contributed by atoms with Crippen molar-refractivity contribution >= 4 is 33.6 Å². The first-order valence-corrected chi connectivity index (χ1v) is 9.76. The summed E-state index contributed by atoms with van der Waals surface area (Å²) in [6.07, 6.45) is 0. The fourth-order valence-corrected chi connectivity index (χ4v) is 4.34. The molecule has 28 heavy (non-hydrogen) atoms. The van der Waals surface area contributed by atoms with Gasteiger partial charge in [0.25, 0.3) is 0 Å². The molecule has 2 aliphatic heterocycles. The van der Waals surface area contributed by atoms with Crippen LogP contribution in [-0.4, -0.2) is 58.6 Å². The smallest absolute Gasteiger partial charge is 0.322 e. The first-order chi connectivity index (χ1) is 13.5. The lowest BCUT2D eigenvalue weighted by Gasteiger charge is -2.58. The highest BCUT2D eigenvalue weighted by atomic mass is 79.9. The van der Waals surface area contributed by atoms with Crippen LogP contribution in [0.2, 0.25) is 0 Å². The number of aliphatic hydroxyl groups excluding tert-OH is 1. The average molecular weight is 448 g/mol. The Kier molecular flexibility index (Phi) is 5.07. The van der Waals surface area contributed by atoms with E-state index in [4.69, 9.17) is 0 Å². The van der Waals surface area contributed by atoms with Crippen LogP contribution in [0.25, 0.3) is 0 Å². The van der Waals surface area contributed by atoms with E-state index in [2.05, 4.69) is 21.2 Å². The van der Waals surface area contributed by atoms with Crippen LogP contribution in [-0.2, 0) is 4.79 Å². The summed E-state index contributed by atoms with van der Waals surface area (Å²) in [5.74, 6) is -0.606. The van der Waals surface area contributed by atoms with E-state index >= 15 is 0 Å².